The molecule has 0 aliphatic rings. The minimum atomic E-state index is -0.231. The Kier molecular flexibility index (Phi) is 4.31. The second kappa shape index (κ2) is 5.96. The van der Waals surface area contributed by atoms with Gasteiger partial charge in [0.15, 0.2) is 0 Å². The van der Waals surface area contributed by atoms with Crippen molar-refractivity contribution in [2.24, 2.45) is 5.92 Å². The van der Waals surface area contributed by atoms with E-state index in [0.717, 1.165) is 17.5 Å². The van der Waals surface area contributed by atoms with Crippen LogP contribution in [0, 0.1) is 17.6 Å². The minimum Gasteiger partial charge on any atom is -0.207 e. The Balaban J connectivity index is 2.41. The van der Waals surface area contributed by atoms with E-state index < -0.39 is 0 Å². The topological polar surface area (TPSA) is 0 Å². The maximum Gasteiger partial charge on any atom is 0.123 e. The van der Waals surface area contributed by atoms with Gasteiger partial charge in [0.25, 0.3) is 0 Å². The largest absolute Gasteiger partial charge is 0.207 e. The van der Waals surface area contributed by atoms with Gasteiger partial charge in [-0.2, -0.15) is 0 Å². The van der Waals surface area contributed by atoms with Crippen LogP contribution in [0.1, 0.15) is 37.3 Å². The smallest absolute Gasteiger partial charge is 0.123 e. The van der Waals surface area contributed by atoms with Gasteiger partial charge in [-0.1, -0.05) is 44.5 Å². The molecule has 0 amide bonds. The van der Waals surface area contributed by atoms with Crippen LogP contribution in [0.2, 0.25) is 0 Å². The number of rotatable bonds is 4. The predicted octanol–water partition coefficient (Wildman–Crippen LogP) is 5.14. The Morgan fingerprint density at radius 1 is 0.789 bits per heavy atom. The molecule has 0 saturated heterocycles. The summed E-state index contributed by atoms with van der Waals surface area (Å²) in [5.41, 5.74) is 2.14. The maximum atomic E-state index is 13.0. The maximum absolute atomic E-state index is 13.0. The number of hydrogen-bond acceptors (Lipinski definition) is 0. The fourth-order valence-corrected chi connectivity index (χ4v) is 2.43. The fraction of sp³-hybridized carbons (Fsp3) is 0.294. The van der Waals surface area contributed by atoms with Crippen LogP contribution in [0.25, 0.3) is 0 Å². The summed E-state index contributed by atoms with van der Waals surface area (Å²) in [6.07, 6.45) is 1.01. The molecule has 19 heavy (non-hydrogen) atoms. The molecule has 0 bridgehead atoms. The van der Waals surface area contributed by atoms with Gasteiger partial charge in [-0.05, 0) is 41.3 Å². The summed E-state index contributed by atoms with van der Waals surface area (Å²) in [6.45, 7) is 4.29. The summed E-state index contributed by atoms with van der Waals surface area (Å²) in [5.74, 6) is 0.124. The molecule has 2 rings (SSSR count). The third kappa shape index (κ3) is 3.19. The molecule has 0 heterocycles. The first-order chi connectivity index (χ1) is 9.11. The molecular weight excluding hydrogens is 242 g/mol. The summed E-state index contributed by atoms with van der Waals surface area (Å²) in [7, 11) is 0. The summed E-state index contributed by atoms with van der Waals surface area (Å²) < 4.78 is 26.1. The Morgan fingerprint density at radius 3 is 1.47 bits per heavy atom. The molecule has 1 atom stereocenters. The second-order valence-electron chi connectivity index (χ2n) is 4.97. The molecule has 0 aliphatic heterocycles. The van der Waals surface area contributed by atoms with Crippen molar-refractivity contribution >= 4 is 0 Å². The molecule has 1 unspecified atom stereocenters. The Bertz CT molecular complexity index is 468. The van der Waals surface area contributed by atoms with Crippen molar-refractivity contribution in [2.45, 2.75) is 26.2 Å². The molecule has 0 aliphatic carbocycles. The summed E-state index contributed by atoms with van der Waals surface area (Å²) in [6, 6.07) is 13.2. The molecule has 2 aromatic carbocycles. The van der Waals surface area contributed by atoms with Crippen LogP contribution in [0.3, 0.4) is 0 Å². The molecule has 0 fully saturated rings. The second-order valence-corrected chi connectivity index (χ2v) is 4.97. The van der Waals surface area contributed by atoms with Gasteiger partial charge < -0.3 is 0 Å². The van der Waals surface area contributed by atoms with E-state index in [2.05, 4.69) is 13.8 Å². The quantitative estimate of drug-likeness (QED) is 0.713. The van der Waals surface area contributed by atoms with Gasteiger partial charge in [0.2, 0.25) is 0 Å². The van der Waals surface area contributed by atoms with Crippen molar-refractivity contribution in [3.8, 4) is 0 Å². The lowest BCUT2D eigenvalue weighted by Crippen LogP contribution is -2.11. The highest BCUT2D eigenvalue weighted by Gasteiger charge is 2.20. The monoisotopic (exact) mass is 260 g/mol. The normalized spacial score (nSPS) is 12.7. The molecule has 0 radical (unpaired) electrons. The van der Waals surface area contributed by atoms with Gasteiger partial charge in [-0.15, -0.1) is 0 Å². The third-order valence-corrected chi connectivity index (χ3v) is 3.67. The van der Waals surface area contributed by atoms with Crippen molar-refractivity contribution in [1.29, 1.82) is 0 Å². The molecule has 2 heteroatoms. The molecule has 0 nitrogen and oxygen atoms in total. The van der Waals surface area contributed by atoms with Gasteiger partial charge in [0, 0.05) is 5.92 Å². The van der Waals surface area contributed by atoms with Crippen molar-refractivity contribution in [1.82, 2.24) is 0 Å². The molecule has 100 valence electrons. The van der Waals surface area contributed by atoms with Crippen LogP contribution >= 0.6 is 0 Å². The van der Waals surface area contributed by atoms with E-state index in [-0.39, 0.29) is 17.6 Å². The number of halogens is 2. The van der Waals surface area contributed by atoms with Crippen LogP contribution in [-0.4, -0.2) is 0 Å². The SMILES string of the molecule is CCC(C)C(c1ccc(F)cc1)c1ccc(F)cc1. The van der Waals surface area contributed by atoms with Gasteiger partial charge >= 0.3 is 0 Å². The fourth-order valence-electron chi connectivity index (χ4n) is 2.43. The summed E-state index contributed by atoms with van der Waals surface area (Å²) in [4.78, 5) is 0. The Morgan fingerprint density at radius 2 is 1.16 bits per heavy atom. The van der Waals surface area contributed by atoms with Crippen molar-refractivity contribution in [3.05, 3.63) is 71.3 Å². The zero-order chi connectivity index (χ0) is 13.8. The van der Waals surface area contributed by atoms with Crippen molar-refractivity contribution in [2.75, 3.05) is 0 Å². The van der Waals surface area contributed by atoms with Gasteiger partial charge in [0.1, 0.15) is 11.6 Å². The third-order valence-electron chi connectivity index (χ3n) is 3.67. The van der Waals surface area contributed by atoms with Gasteiger partial charge in [-0.25, -0.2) is 8.78 Å². The van der Waals surface area contributed by atoms with Gasteiger partial charge in [0.05, 0.1) is 0 Å². The van der Waals surface area contributed by atoms with Gasteiger partial charge in [-0.3, -0.25) is 0 Å². The van der Waals surface area contributed by atoms with E-state index in [1.807, 2.05) is 24.3 Å². The highest BCUT2D eigenvalue weighted by atomic mass is 19.1. The van der Waals surface area contributed by atoms with E-state index in [0.29, 0.717) is 5.92 Å². The highest BCUT2D eigenvalue weighted by molar-refractivity contribution is 5.33. The van der Waals surface area contributed by atoms with Crippen molar-refractivity contribution in [3.63, 3.8) is 0 Å². The zero-order valence-corrected chi connectivity index (χ0v) is 11.2. The van der Waals surface area contributed by atoms with E-state index in [4.69, 9.17) is 0 Å². The molecule has 0 spiro atoms. The lowest BCUT2D eigenvalue weighted by atomic mass is 9.80. The number of benzene rings is 2. The highest BCUT2D eigenvalue weighted by Crippen LogP contribution is 2.33. The minimum absolute atomic E-state index is 0.172. The molecule has 0 saturated carbocycles. The summed E-state index contributed by atoms with van der Waals surface area (Å²) >= 11 is 0. The average Bonchev–Trinajstić information content (AvgIpc) is 2.43. The predicted molar refractivity (Wildman–Crippen MR) is 74.1 cm³/mol. The Labute approximate surface area is 113 Å². The molecular formula is C17H18F2. The molecule has 2 aromatic rings. The van der Waals surface area contributed by atoms with E-state index in [1.165, 1.54) is 24.3 Å². The van der Waals surface area contributed by atoms with Crippen molar-refractivity contribution < 1.29 is 8.78 Å². The van der Waals surface area contributed by atoms with Crippen LogP contribution in [-0.2, 0) is 0 Å². The lowest BCUT2D eigenvalue weighted by Gasteiger charge is -2.24. The lowest BCUT2D eigenvalue weighted by molar-refractivity contribution is 0.494. The summed E-state index contributed by atoms with van der Waals surface area (Å²) in [5, 5.41) is 0. The first-order valence-electron chi connectivity index (χ1n) is 6.62. The number of hydrogen-bond donors (Lipinski definition) is 0. The first kappa shape index (κ1) is 13.7. The average molecular weight is 260 g/mol. The molecule has 0 N–H and O–H groups in total. The molecule has 0 aromatic heterocycles. The standard InChI is InChI=1S/C17H18F2/c1-3-12(2)17(13-4-8-15(18)9-5-13)14-6-10-16(19)11-7-14/h4-12,17H,3H2,1-2H3. The Hall–Kier alpha value is -1.70. The first-order valence-corrected chi connectivity index (χ1v) is 6.62. The van der Waals surface area contributed by atoms with E-state index >= 15 is 0 Å². The van der Waals surface area contributed by atoms with E-state index in [9.17, 15) is 8.78 Å². The van der Waals surface area contributed by atoms with E-state index in [1.54, 1.807) is 0 Å². The van der Waals surface area contributed by atoms with Crippen LogP contribution in [0.15, 0.2) is 48.5 Å². The van der Waals surface area contributed by atoms with Crippen LogP contribution in [0.4, 0.5) is 8.78 Å². The van der Waals surface area contributed by atoms with Crippen LogP contribution < -0.4 is 0 Å². The van der Waals surface area contributed by atoms with Crippen LogP contribution in [0.5, 0.6) is 0 Å². The zero-order valence-electron chi connectivity index (χ0n) is 11.2.